The van der Waals surface area contributed by atoms with E-state index >= 15 is 0 Å². The quantitative estimate of drug-likeness (QED) is 0.909. The lowest BCUT2D eigenvalue weighted by atomic mass is 9.95. The number of hydrogen-bond donors (Lipinski definition) is 2. The Labute approximate surface area is 135 Å². The molecule has 1 aliphatic rings. The second-order valence-electron chi connectivity index (χ2n) is 6.01. The van der Waals surface area contributed by atoms with Crippen molar-refractivity contribution in [2.24, 2.45) is 5.92 Å². The third kappa shape index (κ3) is 3.16. The van der Waals surface area contributed by atoms with Crippen LogP contribution in [0.25, 0.3) is 0 Å². The highest BCUT2D eigenvalue weighted by Crippen LogP contribution is 2.34. The lowest BCUT2D eigenvalue weighted by molar-refractivity contribution is 0.0924. The smallest absolute Gasteiger partial charge is 0.255 e. The van der Waals surface area contributed by atoms with Crippen molar-refractivity contribution in [3.63, 3.8) is 0 Å². The SMILES string of the molecule is Cc1[nH]ncc1C(=O)NC(c1ccc2c(c1)OCCO2)C(C)C. The van der Waals surface area contributed by atoms with E-state index in [0.29, 0.717) is 18.8 Å². The van der Waals surface area contributed by atoms with Gasteiger partial charge in [-0.3, -0.25) is 9.89 Å². The summed E-state index contributed by atoms with van der Waals surface area (Å²) < 4.78 is 11.2. The molecule has 1 aromatic heterocycles. The maximum atomic E-state index is 12.5. The molecule has 0 bridgehead atoms. The summed E-state index contributed by atoms with van der Waals surface area (Å²) in [7, 11) is 0. The van der Waals surface area contributed by atoms with E-state index in [1.165, 1.54) is 0 Å². The van der Waals surface area contributed by atoms with Gasteiger partial charge in [0, 0.05) is 5.69 Å². The summed E-state index contributed by atoms with van der Waals surface area (Å²) in [6.45, 7) is 7.09. The van der Waals surface area contributed by atoms with Crippen LogP contribution < -0.4 is 14.8 Å². The minimum atomic E-state index is -0.134. The summed E-state index contributed by atoms with van der Waals surface area (Å²) >= 11 is 0. The fourth-order valence-electron chi connectivity index (χ4n) is 2.69. The first-order valence-electron chi connectivity index (χ1n) is 7.76. The van der Waals surface area contributed by atoms with Gasteiger partial charge >= 0.3 is 0 Å². The van der Waals surface area contributed by atoms with E-state index in [1.807, 2.05) is 25.1 Å². The van der Waals surface area contributed by atoms with E-state index in [0.717, 1.165) is 22.8 Å². The van der Waals surface area contributed by atoms with E-state index in [4.69, 9.17) is 9.47 Å². The first kappa shape index (κ1) is 15.4. The van der Waals surface area contributed by atoms with Crippen molar-refractivity contribution in [3.8, 4) is 11.5 Å². The molecule has 2 N–H and O–H groups in total. The first-order chi connectivity index (χ1) is 11.1. The largest absolute Gasteiger partial charge is 0.486 e. The second kappa shape index (κ2) is 6.32. The van der Waals surface area contributed by atoms with Gasteiger partial charge in [-0.25, -0.2) is 0 Å². The molecule has 23 heavy (non-hydrogen) atoms. The van der Waals surface area contributed by atoms with Crippen LogP contribution in [-0.2, 0) is 0 Å². The van der Waals surface area contributed by atoms with Crippen molar-refractivity contribution in [1.29, 1.82) is 0 Å². The summed E-state index contributed by atoms with van der Waals surface area (Å²) in [5.74, 6) is 1.58. The number of nitrogens with zero attached hydrogens (tertiary/aromatic N) is 1. The van der Waals surface area contributed by atoms with Crippen LogP contribution in [0.5, 0.6) is 11.5 Å². The van der Waals surface area contributed by atoms with E-state index in [1.54, 1.807) is 6.20 Å². The summed E-state index contributed by atoms with van der Waals surface area (Å²) in [6.07, 6.45) is 1.55. The molecule has 6 heteroatoms. The Morgan fingerprint density at radius 2 is 2.00 bits per heavy atom. The predicted molar refractivity (Wildman–Crippen MR) is 85.8 cm³/mol. The molecular weight excluding hydrogens is 294 g/mol. The van der Waals surface area contributed by atoms with Gasteiger partial charge in [-0.1, -0.05) is 19.9 Å². The van der Waals surface area contributed by atoms with Gasteiger partial charge in [0.1, 0.15) is 13.2 Å². The Bertz CT molecular complexity index is 709. The molecule has 1 aromatic carbocycles. The van der Waals surface area contributed by atoms with Crippen LogP contribution in [0.1, 0.15) is 41.5 Å². The average Bonchev–Trinajstić information content (AvgIpc) is 2.98. The Hall–Kier alpha value is -2.50. The highest BCUT2D eigenvalue weighted by atomic mass is 16.6. The molecule has 1 aliphatic heterocycles. The zero-order valence-electron chi connectivity index (χ0n) is 13.6. The lowest BCUT2D eigenvalue weighted by Crippen LogP contribution is -2.32. The topological polar surface area (TPSA) is 76.2 Å². The molecule has 0 spiro atoms. The summed E-state index contributed by atoms with van der Waals surface area (Å²) in [5.41, 5.74) is 2.32. The number of ether oxygens (including phenoxy) is 2. The Morgan fingerprint density at radius 1 is 1.26 bits per heavy atom. The van der Waals surface area contributed by atoms with E-state index in [2.05, 4.69) is 29.4 Å². The van der Waals surface area contributed by atoms with Crippen LogP contribution in [0.15, 0.2) is 24.4 Å². The van der Waals surface area contributed by atoms with Crippen LogP contribution in [0.2, 0.25) is 0 Å². The number of carbonyl (C=O) groups excluding carboxylic acids is 1. The van der Waals surface area contributed by atoms with Crippen molar-refractivity contribution in [2.45, 2.75) is 26.8 Å². The lowest BCUT2D eigenvalue weighted by Gasteiger charge is -2.25. The molecule has 1 unspecified atom stereocenters. The summed E-state index contributed by atoms with van der Waals surface area (Å²) in [4.78, 5) is 12.5. The van der Waals surface area contributed by atoms with Gasteiger partial charge in [-0.2, -0.15) is 5.10 Å². The van der Waals surface area contributed by atoms with Crippen molar-refractivity contribution in [2.75, 3.05) is 13.2 Å². The van der Waals surface area contributed by atoms with Crippen molar-refractivity contribution < 1.29 is 14.3 Å². The number of benzene rings is 1. The van der Waals surface area contributed by atoms with Gasteiger partial charge in [0.05, 0.1) is 17.8 Å². The number of hydrogen-bond acceptors (Lipinski definition) is 4. The summed E-state index contributed by atoms with van der Waals surface area (Å²) in [6, 6.07) is 5.70. The zero-order valence-corrected chi connectivity index (χ0v) is 13.6. The molecule has 6 nitrogen and oxygen atoms in total. The van der Waals surface area contributed by atoms with Gasteiger partial charge in [0.2, 0.25) is 0 Å². The van der Waals surface area contributed by atoms with Gasteiger partial charge in [-0.15, -0.1) is 0 Å². The third-order valence-corrected chi connectivity index (χ3v) is 3.95. The van der Waals surface area contributed by atoms with Crippen LogP contribution in [-0.4, -0.2) is 29.3 Å². The van der Waals surface area contributed by atoms with Crippen LogP contribution >= 0.6 is 0 Å². The van der Waals surface area contributed by atoms with E-state index in [-0.39, 0.29) is 17.9 Å². The van der Waals surface area contributed by atoms with E-state index < -0.39 is 0 Å². The first-order valence-corrected chi connectivity index (χ1v) is 7.76. The maximum Gasteiger partial charge on any atom is 0.255 e. The number of aromatic nitrogens is 2. The normalized spacial score (nSPS) is 14.6. The number of rotatable bonds is 4. The fourth-order valence-corrected chi connectivity index (χ4v) is 2.69. The molecular formula is C17H21N3O3. The number of aromatic amines is 1. The molecule has 0 aliphatic carbocycles. The minimum absolute atomic E-state index is 0.118. The minimum Gasteiger partial charge on any atom is -0.486 e. The van der Waals surface area contributed by atoms with Crippen LogP contribution in [0.3, 0.4) is 0 Å². The molecule has 0 saturated carbocycles. The summed E-state index contributed by atoms with van der Waals surface area (Å²) in [5, 5.41) is 9.78. The van der Waals surface area contributed by atoms with Gasteiger partial charge in [0.15, 0.2) is 11.5 Å². The monoisotopic (exact) mass is 315 g/mol. The second-order valence-corrected chi connectivity index (χ2v) is 6.01. The molecule has 122 valence electrons. The van der Waals surface area contributed by atoms with Crippen molar-refractivity contribution in [1.82, 2.24) is 15.5 Å². The molecule has 1 atom stereocenters. The number of aryl methyl sites for hydroxylation is 1. The molecule has 2 aromatic rings. The van der Waals surface area contributed by atoms with Gasteiger partial charge < -0.3 is 14.8 Å². The molecule has 3 rings (SSSR count). The number of fused-ring (bicyclic) bond motifs is 1. The van der Waals surface area contributed by atoms with Gasteiger partial charge in [-0.05, 0) is 30.5 Å². The molecule has 1 amide bonds. The fraction of sp³-hybridized carbons (Fsp3) is 0.412. The highest BCUT2D eigenvalue weighted by molar-refractivity contribution is 5.95. The third-order valence-electron chi connectivity index (χ3n) is 3.95. The highest BCUT2D eigenvalue weighted by Gasteiger charge is 2.23. The Kier molecular flexibility index (Phi) is 4.23. The molecule has 0 fully saturated rings. The Balaban J connectivity index is 1.84. The number of amides is 1. The number of nitrogens with one attached hydrogen (secondary N) is 2. The molecule has 2 heterocycles. The zero-order chi connectivity index (χ0) is 16.4. The molecule has 0 saturated heterocycles. The molecule has 0 radical (unpaired) electrons. The Morgan fingerprint density at radius 3 is 2.65 bits per heavy atom. The van der Waals surface area contributed by atoms with Gasteiger partial charge in [0.25, 0.3) is 5.91 Å². The van der Waals surface area contributed by atoms with Crippen LogP contribution in [0, 0.1) is 12.8 Å². The van der Waals surface area contributed by atoms with Crippen molar-refractivity contribution >= 4 is 5.91 Å². The standard InChI is InChI=1S/C17H21N3O3/c1-10(2)16(19-17(21)13-9-18-20-11(13)3)12-4-5-14-15(8-12)23-7-6-22-14/h4-5,8-10,16H,6-7H2,1-3H3,(H,18,20)(H,19,21). The average molecular weight is 315 g/mol. The van der Waals surface area contributed by atoms with E-state index in [9.17, 15) is 4.79 Å². The number of H-pyrrole nitrogens is 1. The predicted octanol–water partition coefficient (Wildman–Crippen LogP) is 2.62. The number of carbonyl (C=O) groups is 1. The maximum absolute atomic E-state index is 12.5. The van der Waals surface area contributed by atoms with Crippen LogP contribution in [0.4, 0.5) is 0 Å². The van der Waals surface area contributed by atoms with Crippen molar-refractivity contribution in [3.05, 3.63) is 41.2 Å².